The summed E-state index contributed by atoms with van der Waals surface area (Å²) in [6.07, 6.45) is 1.87. The number of rotatable bonds is 1. The van der Waals surface area contributed by atoms with Gasteiger partial charge in [0, 0.05) is 50.2 Å². The average molecular weight is 493 g/mol. The van der Waals surface area contributed by atoms with E-state index in [2.05, 4.69) is 123 Å². The van der Waals surface area contributed by atoms with E-state index in [0.29, 0.717) is 0 Å². The van der Waals surface area contributed by atoms with E-state index in [1.807, 2.05) is 12.3 Å². The molecule has 2 aliphatic heterocycles. The number of hydrogen-bond acceptors (Lipinski definition) is 1. The van der Waals surface area contributed by atoms with Crippen molar-refractivity contribution in [3.63, 3.8) is 0 Å². The van der Waals surface area contributed by atoms with Gasteiger partial charge in [0.25, 0.3) is 6.71 Å². The van der Waals surface area contributed by atoms with E-state index in [0.717, 1.165) is 11.3 Å². The molecule has 5 aromatic carbocycles. The van der Waals surface area contributed by atoms with Crippen molar-refractivity contribution in [1.82, 2.24) is 14.1 Å². The van der Waals surface area contributed by atoms with E-state index in [1.54, 1.807) is 0 Å². The number of pyridine rings is 1. The molecular weight excluding hydrogens is 473 g/mol. The van der Waals surface area contributed by atoms with Gasteiger partial charge in [-0.2, -0.15) is 0 Å². The summed E-state index contributed by atoms with van der Waals surface area (Å²) in [5.74, 6) is 0. The average Bonchev–Trinajstić information content (AvgIpc) is 3.52. The Morgan fingerprint density at radius 3 is 2.21 bits per heavy atom. The van der Waals surface area contributed by atoms with Gasteiger partial charge in [-0.25, -0.2) is 0 Å². The summed E-state index contributed by atoms with van der Waals surface area (Å²) in [6, 6.07) is 42.3. The summed E-state index contributed by atoms with van der Waals surface area (Å²) in [5, 5.41) is 5.23. The molecule has 0 aliphatic carbocycles. The Hall–Kier alpha value is -5.09. The summed E-state index contributed by atoms with van der Waals surface area (Å²) < 4.78 is 5.03. The molecule has 0 atom stereocenters. The zero-order chi connectivity index (χ0) is 25.2. The van der Waals surface area contributed by atoms with Crippen molar-refractivity contribution in [2.75, 3.05) is 0 Å². The van der Waals surface area contributed by atoms with Crippen molar-refractivity contribution < 1.29 is 0 Å². The molecule has 0 fully saturated rings. The third-order valence-corrected chi connectivity index (χ3v) is 8.96. The highest BCUT2D eigenvalue weighted by Crippen LogP contribution is 2.40. The Bertz CT molecular complexity index is 2340. The van der Waals surface area contributed by atoms with E-state index in [-0.39, 0.29) is 6.71 Å². The molecule has 0 radical (unpaired) electrons. The van der Waals surface area contributed by atoms with Crippen LogP contribution in [-0.4, -0.2) is 20.8 Å². The highest BCUT2D eigenvalue weighted by Gasteiger charge is 2.40. The summed E-state index contributed by atoms with van der Waals surface area (Å²) >= 11 is 0. The maximum atomic E-state index is 4.65. The third kappa shape index (κ3) is 2.30. The highest BCUT2D eigenvalue weighted by atomic mass is 15.0. The van der Waals surface area contributed by atoms with Crippen LogP contribution in [0.5, 0.6) is 0 Å². The van der Waals surface area contributed by atoms with Crippen LogP contribution >= 0.6 is 0 Å². The van der Waals surface area contributed by atoms with Crippen LogP contribution in [0.2, 0.25) is 0 Å². The van der Waals surface area contributed by atoms with Crippen LogP contribution in [0.3, 0.4) is 0 Å². The lowest BCUT2D eigenvalue weighted by Gasteiger charge is -2.33. The van der Waals surface area contributed by atoms with Crippen molar-refractivity contribution in [2.24, 2.45) is 0 Å². The van der Waals surface area contributed by atoms with Crippen LogP contribution in [0.1, 0.15) is 0 Å². The van der Waals surface area contributed by atoms with Crippen molar-refractivity contribution in [1.29, 1.82) is 0 Å². The predicted molar refractivity (Wildman–Crippen MR) is 163 cm³/mol. The van der Waals surface area contributed by atoms with Crippen LogP contribution in [0.4, 0.5) is 0 Å². The minimum Gasteiger partial charge on any atom is -0.310 e. The van der Waals surface area contributed by atoms with E-state index >= 15 is 0 Å². The summed E-state index contributed by atoms with van der Waals surface area (Å²) in [7, 11) is 0. The standard InChI is InChI=1S/C35H20BN3/c1-3-13-29-22(8-1)24-9-7-11-27-34(24)38(29)31-18-17-25-23-16-15-21(28-12-5-6-19-37-28)20-32(23)39-30-14-4-2-10-26(30)36(27)33(31)35(25)39/h1-20H. The van der Waals surface area contributed by atoms with Gasteiger partial charge < -0.3 is 9.13 Å². The second kappa shape index (κ2) is 6.86. The summed E-state index contributed by atoms with van der Waals surface area (Å²) in [6.45, 7) is 0.187. The van der Waals surface area contributed by atoms with Gasteiger partial charge in [-0.15, -0.1) is 0 Å². The zero-order valence-corrected chi connectivity index (χ0v) is 21.0. The van der Waals surface area contributed by atoms with Gasteiger partial charge >= 0.3 is 0 Å². The fourth-order valence-electron chi connectivity index (χ4n) is 7.49. The Balaban J connectivity index is 1.43. The van der Waals surface area contributed by atoms with Crippen LogP contribution < -0.4 is 16.4 Å². The van der Waals surface area contributed by atoms with Crippen molar-refractivity contribution in [3.8, 4) is 22.6 Å². The number of fused-ring (bicyclic) bond motifs is 11. The molecule has 8 aromatic rings. The first-order chi connectivity index (χ1) is 19.4. The van der Waals surface area contributed by atoms with Crippen LogP contribution in [0.15, 0.2) is 121 Å². The van der Waals surface area contributed by atoms with E-state index < -0.39 is 0 Å². The van der Waals surface area contributed by atoms with Gasteiger partial charge in [0.15, 0.2) is 0 Å². The lowest BCUT2D eigenvalue weighted by molar-refractivity contribution is 1.16. The quantitative estimate of drug-likeness (QED) is 0.254. The fraction of sp³-hybridized carbons (Fsp3) is 0. The van der Waals surface area contributed by atoms with Gasteiger partial charge in [0.1, 0.15) is 0 Å². The summed E-state index contributed by atoms with van der Waals surface area (Å²) in [4.78, 5) is 4.65. The molecule has 10 rings (SSSR count). The molecule has 0 N–H and O–H groups in total. The molecule has 5 heterocycles. The molecule has 0 amide bonds. The van der Waals surface area contributed by atoms with Gasteiger partial charge in [0.2, 0.25) is 0 Å². The Labute approximate surface area is 224 Å². The van der Waals surface area contributed by atoms with Crippen LogP contribution in [0.25, 0.3) is 66.2 Å². The van der Waals surface area contributed by atoms with E-state index in [1.165, 1.54) is 71.4 Å². The molecule has 2 aliphatic rings. The van der Waals surface area contributed by atoms with Crippen LogP contribution in [-0.2, 0) is 0 Å². The molecule has 0 spiro atoms. The first kappa shape index (κ1) is 20.0. The molecule has 178 valence electrons. The molecule has 3 nitrogen and oxygen atoms in total. The minimum absolute atomic E-state index is 0.187. The maximum absolute atomic E-state index is 4.65. The lowest BCUT2D eigenvalue weighted by atomic mass is 9.34. The topological polar surface area (TPSA) is 22.8 Å². The smallest absolute Gasteiger partial charge is 0.252 e. The van der Waals surface area contributed by atoms with Crippen molar-refractivity contribution in [2.45, 2.75) is 0 Å². The fourth-order valence-corrected chi connectivity index (χ4v) is 7.49. The van der Waals surface area contributed by atoms with Gasteiger partial charge in [-0.05, 0) is 52.8 Å². The largest absolute Gasteiger partial charge is 0.310 e. The molecule has 0 unspecified atom stereocenters. The first-order valence-electron chi connectivity index (χ1n) is 13.5. The maximum Gasteiger partial charge on any atom is 0.252 e. The molecule has 0 bridgehead atoms. The molecule has 39 heavy (non-hydrogen) atoms. The van der Waals surface area contributed by atoms with Gasteiger partial charge in [-0.3, -0.25) is 4.98 Å². The molecule has 0 saturated heterocycles. The SMILES string of the molecule is c1ccc(-c2ccc3c4ccc5c6c4n(c3c2)-c2ccccc2B6c2cccc3c4ccccc4n-5c23)nc1. The predicted octanol–water partition coefficient (Wildman–Crippen LogP) is 6.09. The summed E-state index contributed by atoms with van der Waals surface area (Å²) in [5.41, 5.74) is 14.0. The normalized spacial score (nSPS) is 13.1. The lowest BCUT2D eigenvalue weighted by Crippen LogP contribution is -2.59. The molecule has 4 heteroatoms. The second-order valence-corrected chi connectivity index (χ2v) is 10.8. The first-order valence-corrected chi connectivity index (χ1v) is 13.5. The number of nitrogens with zero attached hydrogens (tertiary/aromatic N) is 3. The number of aromatic nitrogens is 3. The van der Waals surface area contributed by atoms with Crippen molar-refractivity contribution in [3.05, 3.63) is 121 Å². The highest BCUT2D eigenvalue weighted by molar-refractivity contribution is 7.00. The second-order valence-electron chi connectivity index (χ2n) is 10.8. The zero-order valence-electron chi connectivity index (χ0n) is 21.0. The van der Waals surface area contributed by atoms with E-state index in [9.17, 15) is 0 Å². The monoisotopic (exact) mass is 493 g/mol. The van der Waals surface area contributed by atoms with Gasteiger partial charge in [0.05, 0.1) is 22.2 Å². The third-order valence-electron chi connectivity index (χ3n) is 8.96. The molecule has 0 saturated carbocycles. The number of benzene rings is 5. The number of para-hydroxylation sites is 3. The van der Waals surface area contributed by atoms with Crippen molar-refractivity contribution >= 4 is 66.7 Å². The van der Waals surface area contributed by atoms with E-state index in [4.69, 9.17) is 0 Å². The van der Waals surface area contributed by atoms with Gasteiger partial charge in [-0.1, -0.05) is 78.9 Å². The Morgan fingerprint density at radius 1 is 0.513 bits per heavy atom. The molecular formula is C35H20BN3. The Kier molecular flexibility index (Phi) is 3.51. The van der Waals surface area contributed by atoms with Crippen LogP contribution in [0, 0.1) is 0 Å². The number of hydrogen-bond donors (Lipinski definition) is 0. The minimum atomic E-state index is 0.187. The Morgan fingerprint density at radius 2 is 1.26 bits per heavy atom. The molecule has 3 aromatic heterocycles.